The van der Waals surface area contributed by atoms with Crippen LogP contribution in [0.5, 0.6) is 5.75 Å². The van der Waals surface area contributed by atoms with Gasteiger partial charge in [-0.05, 0) is 25.5 Å². The molecule has 0 radical (unpaired) electrons. The predicted molar refractivity (Wildman–Crippen MR) is 65.8 cm³/mol. The molecule has 0 saturated heterocycles. The molecule has 0 saturated carbocycles. The minimum Gasteiger partial charge on any atom is -0.493 e. The number of nitrogens with two attached hydrogens (primary N) is 1. The molecular formula is C13H21NO2. The predicted octanol–water partition coefficient (Wildman–Crippen LogP) is 2.43. The molecule has 3 heteroatoms. The van der Waals surface area contributed by atoms with E-state index in [1.165, 1.54) is 5.56 Å². The van der Waals surface area contributed by atoms with Crippen molar-refractivity contribution in [3.8, 4) is 5.75 Å². The summed E-state index contributed by atoms with van der Waals surface area (Å²) in [5.74, 6) is 0.895. The van der Waals surface area contributed by atoms with Crippen LogP contribution >= 0.6 is 0 Å². The summed E-state index contributed by atoms with van der Waals surface area (Å²) in [7, 11) is 1.69. The molecule has 0 heterocycles. The first-order chi connectivity index (χ1) is 7.65. The van der Waals surface area contributed by atoms with Gasteiger partial charge in [0.2, 0.25) is 0 Å². The normalized spacial score (nSPS) is 12.5. The lowest BCUT2D eigenvalue weighted by Gasteiger charge is -2.14. The summed E-state index contributed by atoms with van der Waals surface area (Å²) in [6.45, 7) is 5.40. The van der Waals surface area contributed by atoms with Gasteiger partial charge in [-0.1, -0.05) is 12.1 Å². The summed E-state index contributed by atoms with van der Waals surface area (Å²) in [5.41, 5.74) is 8.13. The average Bonchev–Trinajstić information content (AvgIpc) is 2.24. The fourth-order valence-electron chi connectivity index (χ4n) is 1.53. The number of benzene rings is 1. The van der Waals surface area contributed by atoms with Crippen LogP contribution in [0.3, 0.4) is 0 Å². The van der Waals surface area contributed by atoms with E-state index in [0.717, 1.165) is 24.3 Å². The second kappa shape index (κ2) is 6.51. The third-order valence-corrected chi connectivity index (χ3v) is 2.41. The minimum atomic E-state index is -0.00183. The molecule has 3 nitrogen and oxygen atoms in total. The molecule has 2 N–H and O–H groups in total. The summed E-state index contributed by atoms with van der Waals surface area (Å²) in [6.07, 6.45) is 0.892. The monoisotopic (exact) mass is 223 g/mol. The van der Waals surface area contributed by atoms with Crippen LogP contribution in [0.2, 0.25) is 0 Å². The van der Waals surface area contributed by atoms with E-state index in [0.29, 0.717) is 6.61 Å². The summed E-state index contributed by atoms with van der Waals surface area (Å²) < 4.78 is 10.7. The summed E-state index contributed by atoms with van der Waals surface area (Å²) in [4.78, 5) is 0. The van der Waals surface area contributed by atoms with Crippen LogP contribution in [0.25, 0.3) is 0 Å². The molecule has 1 rings (SSSR count). The molecular weight excluding hydrogens is 202 g/mol. The van der Waals surface area contributed by atoms with Gasteiger partial charge in [0.25, 0.3) is 0 Å². The van der Waals surface area contributed by atoms with E-state index in [1.807, 2.05) is 26.0 Å². The van der Waals surface area contributed by atoms with Crippen molar-refractivity contribution in [3.63, 3.8) is 0 Å². The van der Waals surface area contributed by atoms with E-state index in [-0.39, 0.29) is 6.04 Å². The van der Waals surface area contributed by atoms with Gasteiger partial charge in [0.1, 0.15) is 5.75 Å². The molecule has 1 aromatic rings. The van der Waals surface area contributed by atoms with Crippen LogP contribution in [0.15, 0.2) is 18.2 Å². The largest absolute Gasteiger partial charge is 0.493 e. The second-order valence-corrected chi connectivity index (χ2v) is 4.02. The molecule has 0 aliphatic heterocycles. The highest BCUT2D eigenvalue weighted by Crippen LogP contribution is 2.25. The van der Waals surface area contributed by atoms with E-state index < -0.39 is 0 Å². The van der Waals surface area contributed by atoms with Gasteiger partial charge in [-0.3, -0.25) is 0 Å². The van der Waals surface area contributed by atoms with Gasteiger partial charge in [-0.2, -0.15) is 0 Å². The molecule has 0 aliphatic carbocycles. The molecule has 0 aromatic heterocycles. The lowest BCUT2D eigenvalue weighted by Crippen LogP contribution is -2.09. The van der Waals surface area contributed by atoms with Crippen LogP contribution in [-0.4, -0.2) is 20.3 Å². The Morgan fingerprint density at radius 1 is 1.31 bits per heavy atom. The molecule has 1 atom stereocenters. The zero-order chi connectivity index (χ0) is 12.0. The molecule has 0 spiro atoms. The second-order valence-electron chi connectivity index (χ2n) is 4.02. The maximum absolute atomic E-state index is 5.89. The fourth-order valence-corrected chi connectivity index (χ4v) is 1.53. The zero-order valence-corrected chi connectivity index (χ0v) is 10.3. The van der Waals surface area contributed by atoms with Crippen molar-refractivity contribution in [2.75, 3.05) is 20.3 Å². The summed E-state index contributed by atoms with van der Waals surface area (Å²) in [5, 5.41) is 0. The van der Waals surface area contributed by atoms with E-state index in [4.69, 9.17) is 15.2 Å². The first-order valence-electron chi connectivity index (χ1n) is 5.63. The topological polar surface area (TPSA) is 44.5 Å². The Labute approximate surface area is 97.6 Å². The first kappa shape index (κ1) is 13.0. The number of aryl methyl sites for hydroxylation is 1. The Hall–Kier alpha value is -1.06. The van der Waals surface area contributed by atoms with Crippen molar-refractivity contribution in [2.45, 2.75) is 26.3 Å². The third kappa shape index (κ3) is 3.83. The molecule has 0 bridgehead atoms. The van der Waals surface area contributed by atoms with Crippen molar-refractivity contribution in [2.24, 2.45) is 5.73 Å². The lowest BCUT2D eigenvalue weighted by atomic mass is 10.1. The smallest absolute Gasteiger partial charge is 0.124 e. The van der Waals surface area contributed by atoms with Crippen molar-refractivity contribution in [1.29, 1.82) is 0 Å². The highest BCUT2D eigenvalue weighted by atomic mass is 16.5. The van der Waals surface area contributed by atoms with Crippen LogP contribution < -0.4 is 10.5 Å². The Morgan fingerprint density at radius 3 is 2.69 bits per heavy atom. The van der Waals surface area contributed by atoms with Gasteiger partial charge >= 0.3 is 0 Å². The Bertz CT molecular complexity index is 324. The van der Waals surface area contributed by atoms with Crippen molar-refractivity contribution in [3.05, 3.63) is 29.3 Å². The molecule has 0 amide bonds. The molecule has 0 unspecified atom stereocenters. The first-order valence-corrected chi connectivity index (χ1v) is 5.63. The zero-order valence-electron chi connectivity index (χ0n) is 10.3. The number of ether oxygens (including phenoxy) is 2. The lowest BCUT2D eigenvalue weighted by molar-refractivity contribution is 0.171. The number of methoxy groups -OCH3 is 1. The van der Waals surface area contributed by atoms with Crippen LogP contribution in [0, 0.1) is 6.92 Å². The number of hydrogen-bond donors (Lipinski definition) is 1. The molecule has 90 valence electrons. The van der Waals surface area contributed by atoms with Crippen molar-refractivity contribution >= 4 is 0 Å². The average molecular weight is 223 g/mol. The van der Waals surface area contributed by atoms with Gasteiger partial charge in [0.15, 0.2) is 0 Å². The standard InChI is InChI=1S/C13H21NO2/c1-10-5-6-12(11(2)14)13(9-10)16-8-4-7-15-3/h5-6,9,11H,4,7-8,14H2,1-3H3/t11-/m0/s1. The Morgan fingerprint density at radius 2 is 2.06 bits per heavy atom. The van der Waals surface area contributed by atoms with E-state index in [9.17, 15) is 0 Å². The van der Waals surface area contributed by atoms with E-state index >= 15 is 0 Å². The summed E-state index contributed by atoms with van der Waals surface area (Å²) >= 11 is 0. The Balaban J connectivity index is 2.65. The quantitative estimate of drug-likeness (QED) is 0.753. The number of hydrogen-bond acceptors (Lipinski definition) is 3. The van der Waals surface area contributed by atoms with E-state index in [1.54, 1.807) is 7.11 Å². The SMILES string of the molecule is COCCCOc1cc(C)ccc1[C@H](C)N. The van der Waals surface area contributed by atoms with Crippen LogP contribution in [0.1, 0.15) is 30.5 Å². The molecule has 1 aromatic carbocycles. The molecule has 16 heavy (non-hydrogen) atoms. The van der Waals surface area contributed by atoms with Gasteiger partial charge in [-0.15, -0.1) is 0 Å². The van der Waals surface area contributed by atoms with Gasteiger partial charge < -0.3 is 15.2 Å². The number of rotatable bonds is 6. The Kier molecular flexibility index (Phi) is 5.29. The van der Waals surface area contributed by atoms with Crippen LogP contribution in [0.4, 0.5) is 0 Å². The van der Waals surface area contributed by atoms with Crippen LogP contribution in [-0.2, 0) is 4.74 Å². The fraction of sp³-hybridized carbons (Fsp3) is 0.538. The van der Waals surface area contributed by atoms with Crippen molar-refractivity contribution in [1.82, 2.24) is 0 Å². The van der Waals surface area contributed by atoms with Crippen molar-refractivity contribution < 1.29 is 9.47 Å². The van der Waals surface area contributed by atoms with Gasteiger partial charge in [-0.25, -0.2) is 0 Å². The van der Waals surface area contributed by atoms with E-state index in [2.05, 4.69) is 6.07 Å². The maximum atomic E-state index is 5.89. The van der Waals surface area contributed by atoms with Gasteiger partial charge in [0.05, 0.1) is 6.61 Å². The summed E-state index contributed by atoms with van der Waals surface area (Å²) in [6, 6.07) is 6.12. The maximum Gasteiger partial charge on any atom is 0.124 e. The third-order valence-electron chi connectivity index (χ3n) is 2.41. The molecule has 0 aliphatic rings. The highest BCUT2D eigenvalue weighted by Gasteiger charge is 2.07. The minimum absolute atomic E-state index is 0.00183. The highest BCUT2D eigenvalue weighted by molar-refractivity contribution is 5.38. The van der Waals surface area contributed by atoms with Gasteiger partial charge in [0, 0.05) is 31.7 Å². The molecule has 0 fully saturated rings.